The van der Waals surface area contributed by atoms with E-state index in [1.54, 1.807) is 6.92 Å². The van der Waals surface area contributed by atoms with Crippen molar-refractivity contribution >= 4 is 47.3 Å². The van der Waals surface area contributed by atoms with Gasteiger partial charge in [-0.15, -0.1) is 0 Å². The standard InChI is InChI=1S/C48H63F7N10O9/c1-44(2)28-20-64(40(70)32(22-10-13-74-14-11-22)62-42(72)47(50,51)52)33(30(28)44)38(68)60-27(19-57)16-24-8-9-25(59-37(24)67)17-46(5)29-21-65(41(71)35(45(3,4)49)63-43(73)48(53,54)55)34(31(29)46)39(69)61-26(18-56)15-23-7-6-12-58-36(23)66/h22-35H,6-17,20-21H2,1-5H3,(H,58,66)(H,59,67)(H,60,68)(H,61,69)(H,62,72)(H,63,73)/t23-,24?,25?,26?,27-,28-,29?,30-,31-,32-,33-,34-,35+,46?/m0/s1. The number of ether oxygens (including phenoxy) is 1. The highest BCUT2D eigenvalue weighted by Crippen LogP contribution is 2.68. The summed E-state index contributed by atoms with van der Waals surface area (Å²) >= 11 is 0. The van der Waals surface area contributed by atoms with Crippen molar-refractivity contribution in [2.75, 3.05) is 32.8 Å². The van der Waals surface area contributed by atoms with Gasteiger partial charge in [0.25, 0.3) is 0 Å². The second-order valence-corrected chi connectivity index (χ2v) is 22.5. The van der Waals surface area contributed by atoms with Crippen LogP contribution in [0.4, 0.5) is 30.7 Å². The van der Waals surface area contributed by atoms with Gasteiger partial charge in [0.2, 0.25) is 35.4 Å². The van der Waals surface area contributed by atoms with Gasteiger partial charge in [0, 0.05) is 50.7 Å². The van der Waals surface area contributed by atoms with Crippen molar-refractivity contribution < 1.29 is 73.8 Å². The Labute approximate surface area is 422 Å². The lowest BCUT2D eigenvalue weighted by Crippen LogP contribution is -2.62. The molecule has 26 heteroatoms. The third-order valence-electron chi connectivity index (χ3n) is 17.0. The molecular weight excluding hydrogens is 994 g/mol. The first-order chi connectivity index (χ1) is 34.4. The number of hydrogen-bond acceptors (Lipinski definition) is 11. The lowest BCUT2D eigenvalue weighted by Gasteiger charge is -2.38. The smallest absolute Gasteiger partial charge is 0.381 e. The number of nitrogens with one attached hydrogen (secondary N) is 6. The molecule has 2 saturated carbocycles. The quantitative estimate of drug-likeness (QED) is 0.121. The van der Waals surface area contributed by atoms with Crippen LogP contribution in [0.2, 0.25) is 0 Å². The molecule has 8 amide bonds. The van der Waals surface area contributed by atoms with E-state index in [4.69, 9.17) is 4.74 Å². The van der Waals surface area contributed by atoms with Crippen LogP contribution in [0.1, 0.15) is 92.4 Å². The number of piperidine rings is 4. The molecule has 0 aromatic rings. The maximum absolute atomic E-state index is 15.6. The van der Waals surface area contributed by atoms with E-state index in [1.165, 1.54) is 10.2 Å². The van der Waals surface area contributed by atoms with Crippen molar-refractivity contribution in [3.05, 3.63) is 0 Å². The topological polar surface area (TPSA) is 272 Å². The third-order valence-corrected chi connectivity index (χ3v) is 17.0. The summed E-state index contributed by atoms with van der Waals surface area (Å²) in [6.45, 7) is 7.65. The number of alkyl halides is 7. The fourth-order valence-corrected chi connectivity index (χ4v) is 12.8. The van der Waals surface area contributed by atoms with Gasteiger partial charge in [-0.3, -0.25) is 38.4 Å². The SMILES string of the molecule is CC(C)(F)[C@H](NC(=O)C(F)(F)F)C(=O)N1CC2[C@@H]([C@H]1C(=O)NC(C#N)C[C@@H]1CCCNC1=O)C2(C)CC1CCC(C[C@@H](C#N)NC(=O)[C@@H]2[C@@H]3[C@H](CN2C(=O)[C@@H](NC(=O)C(F)(F)F)C2CCOCC2)C3(C)C)C(=O)N1. The van der Waals surface area contributed by atoms with E-state index in [1.807, 2.05) is 31.3 Å². The molecule has 6 N–H and O–H groups in total. The minimum absolute atomic E-state index is 0.0254. The van der Waals surface area contributed by atoms with E-state index in [0.29, 0.717) is 25.8 Å². The Bertz CT molecular complexity index is 2350. The van der Waals surface area contributed by atoms with Gasteiger partial charge >= 0.3 is 24.2 Å². The zero-order valence-electron chi connectivity index (χ0n) is 41.6. The van der Waals surface area contributed by atoms with Crippen molar-refractivity contribution in [1.82, 2.24) is 41.7 Å². The average molecular weight is 1060 g/mol. The molecule has 7 rings (SSSR count). The van der Waals surface area contributed by atoms with Crippen LogP contribution < -0.4 is 31.9 Å². The molecule has 5 aliphatic heterocycles. The van der Waals surface area contributed by atoms with Gasteiger partial charge in [-0.25, -0.2) is 4.39 Å². The fourth-order valence-electron chi connectivity index (χ4n) is 12.8. The minimum atomic E-state index is -5.48. The third kappa shape index (κ3) is 11.4. The van der Waals surface area contributed by atoms with Crippen molar-refractivity contribution in [2.24, 2.45) is 52.3 Å². The number of carbonyl (C=O) groups excluding carboxylic acids is 8. The number of amides is 8. The highest BCUT2D eigenvalue weighted by atomic mass is 19.4. The Kier molecular flexibility index (Phi) is 15.7. The summed E-state index contributed by atoms with van der Waals surface area (Å²) in [5, 5.41) is 34.5. The zero-order chi connectivity index (χ0) is 54.6. The second-order valence-electron chi connectivity index (χ2n) is 22.5. The molecule has 5 heterocycles. The Morgan fingerprint density at radius 1 is 0.716 bits per heavy atom. The minimum Gasteiger partial charge on any atom is -0.381 e. The van der Waals surface area contributed by atoms with E-state index >= 15 is 4.39 Å². The number of rotatable bonds is 16. The van der Waals surface area contributed by atoms with Crippen LogP contribution in [-0.2, 0) is 43.1 Å². The molecule has 19 nitrogen and oxygen atoms in total. The van der Waals surface area contributed by atoms with Crippen LogP contribution in [0.5, 0.6) is 0 Å². The molecule has 408 valence electrons. The first-order valence-electron chi connectivity index (χ1n) is 25.0. The summed E-state index contributed by atoms with van der Waals surface area (Å²) in [6, 6.07) is -5.71. The molecule has 0 aromatic heterocycles. The molecule has 5 unspecified atom stereocenters. The van der Waals surface area contributed by atoms with Gasteiger partial charge < -0.3 is 46.4 Å². The summed E-state index contributed by atoms with van der Waals surface area (Å²) in [5.74, 6) is -13.5. The van der Waals surface area contributed by atoms with Gasteiger partial charge in [-0.1, -0.05) is 20.8 Å². The summed E-state index contributed by atoms with van der Waals surface area (Å²) in [4.78, 5) is 109. The number of likely N-dealkylation sites (tertiary alicyclic amines) is 2. The summed E-state index contributed by atoms with van der Waals surface area (Å²) in [7, 11) is 0. The van der Waals surface area contributed by atoms with Gasteiger partial charge in [-0.2, -0.15) is 36.9 Å². The number of fused-ring (bicyclic) bond motifs is 2. The van der Waals surface area contributed by atoms with Crippen LogP contribution in [-0.4, -0.2) is 150 Å². The fraction of sp³-hybridized carbons (Fsp3) is 0.792. The van der Waals surface area contributed by atoms with E-state index in [0.717, 1.165) is 18.7 Å². The predicted molar refractivity (Wildman–Crippen MR) is 241 cm³/mol. The molecule has 5 saturated heterocycles. The number of nitriles is 2. The molecule has 74 heavy (non-hydrogen) atoms. The molecule has 0 bridgehead atoms. The molecule has 0 spiro atoms. The van der Waals surface area contributed by atoms with E-state index in [-0.39, 0.29) is 76.7 Å². The second kappa shape index (κ2) is 20.7. The van der Waals surface area contributed by atoms with Gasteiger partial charge in [0.1, 0.15) is 41.9 Å². The number of carbonyl (C=O) groups is 8. The Balaban J connectivity index is 1.01. The van der Waals surface area contributed by atoms with Gasteiger partial charge in [0.05, 0.1) is 12.1 Å². The van der Waals surface area contributed by atoms with Crippen molar-refractivity contribution in [3.63, 3.8) is 0 Å². The van der Waals surface area contributed by atoms with Crippen LogP contribution in [0.3, 0.4) is 0 Å². The van der Waals surface area contributed by atoms with Gasteiger partial charge in [0.15, 0.2) is 0 Å². The number of halogens is 7. The number of nitrogens with zero attached hydrogens (tertiary/aromatic N) is 4. The van der Waals surface area contributed by atoms with E-state index in [2.05, 4.69) is 21.3 Å². The van der Waals surface area contributed by atoms with E-state index in [9.17, 15) is 75.2 Å². The highest BCUT2D eigenvalue weighted by Gasteiger charge is 2.73. The molecule has 7 aliphatic rings. The van der Waals surface area contributed by atoms with Crippen molar-refractivity contribution in [2.45, 2.75) is 153 Å². The van der Waals surface area contributed by atoms with E-state index < -0.39 is 148 Å². The predicted octanol–water partition coefficient (Wildman–Crippen LogP) is 1.81. The largest absolute Gasteiger partial charge is 0.471 e. The summed E-state index contributed by atoms with van der Waals surface area (Å²) < 4.78 is 101. The lowest BCUT2D eigenvalue weighted by atomic mass is 9.83. The summed E-state index contributed by atoms with van der Waals surface area (Å²) in [5.41, 5.74) is -4.00. The van der Waals surface area contributed by atoms with Crippen LogP contribution in [0, 0.1) is 74.9 Å². The maximum atomic E-state index is 15.6. The van der Waals surface area contributed by atoms with Crippen LogP contribution >= 0.6 is 0 Å². The highest BCUT2D eigenvalue weighted by molar-refractivity contribution is 5.96. The van der Waals surface area contributed by atoms with Crippen LogP contribution in [0.15, 0.2) is 0 Å². The first kappa shape index (κ1) is 55.9. The Morgan fingerprint density at radius 3 is 1.77 bits per heavy atom. The molecule has 2 aliphatic carbocycles. The first-order valence-corrected chi connectivity index (χ1v) is 25.0. The zero-order valence-corrected chi connectivity index (χ0v) is 41.6. The number of hydrogen-bond donors (Lipinski definition) is 6. The Morgan fingerprint density at radius 2 is 1.24 bits per heavy atom. The Hall–Kier alpha value is -5.79. The maximum Gasteiger partial charge on any atom is 0.471 e. The monoisotopic (exact) mass is 1060 g/mol. The molecule has 14 atom stereocenters. The molecular formula is C48H63F7N10O9. The van der Waals surface area contributed by atoms with Crippen molar-refractivity contribution in [1.29, 1.82) is 10.5 Å². The van der Waals surface area contributed by atoms with Crippen LogP contribution in [0.25, 0.3) is 0 Å². The molecule has 0 radical (unpaired) electrons. The normalized spacial score (nSPS) is 32.1. The van der Waals surface area contributed by atoms with Gasteiger partial charge in [-0.05, 0) is 112 Å². The summed E-state index contributed by atoms with van der Waals surface area (Å²) in [6.07, 6.45) is -8.81. The lowest BCUT2D eigenvalue weighted by molar-refractivity contribution is -0.176. The molecule has 7 fully saturated rings. The average Bonchev–Trinajstić information content (AvgIpc) is 3.78. The molecule has 0 aromatic carbocycles. The van der Waals surface area contributed by atoms with Crippen molar-refractivity contribution in [3.8, 4) is 12.1 Å².